The zero-order valence-corrected chi connectivity index (χ0v) is 19.9. The van der Waals surface area contributed by atoms with Crippen molar-refractivity contribution in [1.29, 1.82) is 0 Å². The summed E-state index contributed by atoms with van der Waals surface area (Å²) in [6.45, 7) is 1.75. The van der Waals surface area contributed by atoms with Gasteiger partial charge in [0.25, 0.3) is 11.8 Å². The maximum absolute atomic E-state index is 13.1. The fourth-order valence-electron chi connectivity index (χ4n) is 3.34. The van der Waals surface area contributed by atoms with Gasteiger partial charge >= 0.3 is 5.97 Å². The van der Waals surface area contributed by atoms with Gasteiger partial charge < -0.3 is 20.1 Å². The molecule has 1 aliphatic rings. The van der Waals surface area contributed by atoms with Gasteiger partial charge in [-0.3, -0.25) is 14.4 Å². The quantitative estimate of drug-likeness (QED) is 0.459. The summed E-state index contributed by atoms with van der Waals surface area (Å²) in [6.07, 6.45) is 0.282. The zero-order valence-electron chi connectivity index (χ0n) is 17.5. The van der Waals surface area contributed by atoms with Gasteiger partial charge in [0.2, 0.25) is 10.0 Å². The van der Waals surface area contributed by atoms with Crippen molar-refractivity contribution >= 4 is 56.4 Å². The Morgan fingerprint density at radius 1 is 1.30 bits per heavy atom. The van der Waals surface area contributed by atoms with E-state index in [4.69, 9.17) is 16.3 Å². The standard InChI is InChI=1S/C20H22ClN3O7S2/c1-2-12-14(24-8-9-31-11-18(24)25)4-3-5-16(12)33(29,30)23-13(20(27)28)10-22-19(26)15-6-7-17(21)32-15/h3-7,13,23H,2,8-11H2,1H3,(H,22,26)(H,27,28)/t13-/m0/s1. The lowest BCUT2D eigenvalue weighted by molar-refractivity contribution is -0.138. The van der Waals surface area contributed by atoms with E-state index in [9.17, 15) is 27.9 Å². The monoisotopic (exact) mass is 515 g/mol. The topological polar surface area (TPSA) is 142 Å². The second-order valence-electron chi connectivity index (χ2n) is 7.03. The molecule has 2 heterocycles. The number of halogens is 1. The van der Waals surface area contributed by atoms with Gasteiger partial charge in [0.05, 0.1) is 20.7 Å². The van der Waals surface area contributed by atoms with Gasteiger partial charge in [0.1, 0.15) is 12.6 Å². The van der Waals surface area contributed by atoms with Crippen molar-refractivity contribution in [2.45, 2.75) is 24.3 Å². The second kappa shape index (κ2) is 10.6. The third kappa shape index (κ3) is 5.89. The molecule has 2 aromatic rings. The van der Waals surface area contributed by atoms with Gasteiger partial charge in [-0.1, -0.05) is 24.6 Å². The van der Waals surface area contributed by atoms with E-state index in [-0.39, 0.29) is 35.3 Å². The number of nitrogens with zero attached hydrogens (tertiary/aromatic N) is 1. The van der Waals surface area contributed by atoms with Gasteiger partial charge in [-0.05, 0) is 36.2 Å². The molecule has 13 heteroatoms. The van der Waals surface area contributed by atoms with E-state index in [1.54, 1.807) is 13.0 Å². The number of aliphatic carboxylic acids is 1. The summed E-state index contributed by atoms with van der Waals surface area (Å²) >= 11 is 6.81. The number of carboxylic acids is 1. The van der Waals surface area contributed by atoms with Crippen molar-refractivity contribution in [3.8, 4) is 0 Å². The van der Waals surface area contributed by atoms with E-state index in [1.807, 2.05) is 0 Å². The number of anilines is 1. The molecule has 2 amide bonds. The maximum atomic E-state index is 13.1. The minimum absolute atomic E-state index is 0.103. The van der Waals surface area contributed by atoms with E-state index < -0.39 is 34.5 Å². The van der Waals surface area contributed by atoms with Crippen molar-refractivity contribution in [3.05, 3.63) is 45.1 Å². The molecular weight excluding hydrogens is 494 g/mol. The Labute approximate surface area is 199 Å². The summed E-state index contributed by atoms with van der Waals surface area (Å²) in [5.41, 5.74) is 0.810. The molecule has 0 unspecified atom stereocenters. The molecule has 1 aromatic carbocycles. The third-order valence-electron chi connectivity index (χ3n) is 4.89. The summed E-state index contributed by atoms with van der Waals surface area (Å²) < 4.78 is 33.9. The third-order valence-corrected chi connectivity index (χ3v) is 7.67. The molecule has 0 saturated carbocycles. The minimum atomic E-state index is -4.30. The fraction of sp³-hybridized carbons (Fsp3) is 0.350. The first-order chi connectivity index (χ1) is 15.6. The lowest BCUT2D eigenvalue weighted by Crippen LogP contribution is -2.48. The average molecular weight is 516 g/mol. The number of morpholine rings is 1. The van der Waals surface area contributed by atoms with Gasteiger partial charge in [0.15, 0.2) is 0 Å². The molecule has 33 heavy (non-hydrogen) atoms. The average Bonchev–Trinajstić information content (AvgIpc) is 3.22. The summed E-state index contributed by atoms with van der Waals surface area (Å²) in [7, 11) is -4.30. The van der Waals surface area contributed by atoms with Crippen molar-refractivity contribution in [1.82, 2.24) is 10.0 Å². The number of amides is 2. The molecule has 0 bridgehead atoms. The van der Waals surface area contributed by atoms with Crippen molar-refractivity contribution in [2.24, 2.45) is 0 Å². The molecular formula is C20H22ClN3O7S2. The van der Waals surface area contributed by atoms with Crippen molar-refractivity contribution < 1.29 is 32.6 Å². The van der Waals surface area contributed by atoms with Gasteiger partial charge in [-0.15, -0.1) is 11.3 Å². The number of carboxylic acid groups (broad SMARTS) is 1. The highest BCUT2D eigenvalue weighted by Gasteiger charge is 2.30. The van der Waals surface area contributed by atoms with Crippen molar-refractivity contribution in [2.75, 3.05) is 31.2 Å². The van der Waals surface area contributed by atoms with Crippen LogP contribution in [0.5, 0.6) is 0 Å². The lowest BCUT2D eigenvalue weighted by atomic mass is 10.1. The van der Waals surface area contributed by atoms with Crippen molar-refractivity contribution in [3.63, 3.8) is 0 Å². The molecule has 3 N–H and O–H groups in total. The Balaban J connectivity index is 1.82. The molecule has 0 aliphatic carbocycles. The SMILES string of the molecule is CCc1c(N2CCOCC2=O)cccc1S(=O)(=O)N[C@@H](CNC(=O)c1ccc(Cl)s1)C(=O)O. The van der Waals surface area contributed by atoms with Crippen LogP contribution in [0, 0.1) is 0 Å². The molecule has 10 nitrogen and oxygen atoms in total. The molecule has 3 rings (SSSR count). The number of carbonyl (C=O) groups excluding carboxylic acids is 2. The van der Waals surface area contributed by atoms with Gasteiger partial charge in [0, 0.05) is 18.8 Å². The number of hydrogen-bond acceptors (Lipinski definition) is 7. The van der Waals surface area contributed by atoms with Crippen LogP contribution in [0.4, 0.5) is 5.69 Å². The van der Waals surface area contributed by atoms with E-state index >= 15 is 0 Å². The first kappa shape index (κ1) is 25.1. The summed E-state index contributed by atoms with van der Waals surface area (Å²) in [6, 6.07) is 5.87. The van der Waals surface area contributed by atoms with Crippen LogP contribution in [-0.4, -0.2) is 63.7 Å². The molecule has 1 fully saturated rings. The number of benzene rings is 1. The molecule has 1 atom stereocenters. The molecule has 1 aromatic heterocycles. The Morgan fingerprint density at radius 2 is 2.06 bits per heavy atom. The minimum Gasteiger partial charge on any atom is -0.480 e. The first-order valence-corrected chi connectivity index (χ1v) is 12.6. The van der Waals surface area contributed by atoms with Crippen LogP contribution < -0.4 is 14.9 Å². The van der Waals surface area contributed by atoms with Crippen LogP contribution in [0.25, 0.3) is 0 Å². The van der Waals surface area contributed by atoms with E-state index in [0.717, 1.165) is 11.3 Å². The molecule has 0 spiro atoms. The van der Waals surface area contributed by atoms with Crippen LogP contribution in [0.3, 0.4) is 0 Å². The van der Waals surface area contributed by atoms with Gasteiger partial charge in [-0.25, -0.2) is 8.42 Å². The Bertz CT molecular complexity index is 1170. The van der Waals surface area contributed by atoms with Crippen LogP contribution in [0.15, 0.2) is 35.2 Å². The van der Waals surface area contributed by atoms with E-state index in [0.29, 0.717) is 22.2 Å². The molecule has 0 radical (unpaired) electrons. The van der Waals surface area contributed by atoms with E-state index in [2.05, 4.69) is 10.0 Å². The highest BCUT2D eigenvalue weighted by Crippen LogP contribution is 2.29. The van der Waals surface area contributed by atoms with Crippen LogP contribution >= 0.6 is 22.9 Å². The normalized spacial score (nSPS) is 15.3. The first-order valence-electron chi connectivity index (χ1n) is 9.92. The number of sulfonamides is 1. The Kier molecular flexibility index (Phi) is 8.08. The fourth-order valence-corrected chi connectivity index (χ4v) is 5.81. The number of nitrogens with one attached hydrogen (secondary N) is 2. The number of ether oxygens (including phenoxy) is 1. The lowest BCUT2D eigenvalue weighted by Gasteiger charge is -2.29. The van der Waals surface area contributed by atoms with Gasteiger partial charge in [-0.2, -0.15) is 4.72 Å². The Morgan fingerprint density at radius 3 is 2.67 bits per heavy atom. The Hall–Kier alpha value is -2.51. The summed E-state index contributed by atoms with van der Waals surface area (Å²) in [4.78, 5) is 37.8. The predicted octanol–water partition coefficient (Wildman–Crippen LogP) is 1.49. The zero-order chi connectivity index (χ0) is 24.2. The molecule has 178 valence electrons. The predicted molar refractivity (Wildman–Crippen MR) is 122 cm³/mol. The number of thiophene rings is 1. The van der Waals surface area contributed by atoms with E-state index in [1.165, 1.54) is 29.2 Å². The number of carbonyl (C=O) groups is 3. The van der Waals surface area contributed by atoms with Crippen LogP contribution in [0.2, 0.25) is 4.34 Å². The van der Waals surface area contributed by atoms with Crippen LogP contribution in [0.1, 0.15) is 22.2 Å². The molecule has 1 saturated heterocycles. The number of rotatable bonds is 9. The highest BCUT2D eigenvalue weighted by molar-refractivity contribution is 7.89. The smallest absolute Gasteiger partial charge is 0.323 e. The summed E-state index contributed by atoms with van der Waals surface area (Å²) in [5, 5.41) is 11.9. The molecule has 1 aliphatic heterocycles. The highest BCUT2D eigenvalue weighted by atomic mass is 35.5. The second-order valence-corrected chi connectivity index (χ2v) is 10.4. The van der Waals surface area contributed by atoms with Crippen LogP contribution in [-0.2, 0) is 30.8 Å². The number of hydrogen-bond donors (Lipinski definition) is 3. The largest absolute Gasteiger partial charge is 0.480 e. The summed E-state index contributed by atoms with van der Waals surface area (Å²) in [5.74, 6) is -2.32. The maximum Gasteiger partial charge on any atom is 0.323 e.